The Morgan fingerprint density at radius 1 is 1.17 bits per heavy atom. The van der Waals surface area contributed by atoms with Gasteiger partial charge >= 0.3 is 0 Å². The summed E-state index contributed by atoms with van der Waals surface area (Å²) >= 11 is 0. The lowest BCUT2D eigenvalue weighted by atomic mass is 10.1. The Labute approximate surface area is 108 Å². The molecule has 0 atom stereocenters. The van der Waals surface area contributed by atoms with Gasteiger partial charge in [0.1, 0.15) is 0 Å². The average molecular weight is 245 g/mol. The molecule has 0 saturated carbocycles. The molecule has 2 rings (SSSR count). The smallest absolute Gasteiger partial charge is 0.0947 e. The Balaban J connectivity index is 2.04. The van der Waals surface area contributed by atoms with E-state index < -0.39 is 0 Å². The van der Waals surface area contributed by atoms with Gasteiger partial charge in [-0.15, -0.1) is 0 Å². The highest BCUT2D eigenvalue weighted by Gasteiger charge is 2.08. The second-order valence-electron chi connectivity index (χ2n) is 4.49. The molecule has 18 heavy (non-hydrogen) atoms. The van der Waals surface area contributed by atoms with E-state index in [9.17, 15) is 0 Å². The maximum absolute atomic E-state index is 9.15. The topological polar surface area (TPSA) is 36.6 Å². The molecule has 0 aliphatic carbocycles. The molecule has 0 bridgehead atoms. The monoisotopic (exact) mass is 245 g/mol. The van der Waals surface area contributed by atoms with Crippen LogP contribution in [-0.4, -0.2) is 23.2 Å². The summed E-state index contributed by atoms with van der Waals surface area (Å²) in [7, 11) is 0. The SMILES string of the molecule is Cc1ccccc1CN(CCO)Cc1ccoc1. The zero-order valence-electron chi connectivity index (χ0n) is 10.7. The van der Waals surface area contributed by atoms with Crippen LogP contribution in [0, 0.1) is 6.92 Å². The number of furan rings is 1. The van der Waals surface area contributed by atoms with Crippen molar-refractivity contribution in [2.45, 2.75) is 20.0 Å². The zero-order chi connectivity index (χ0) is 12.8. The lowest BCUT2D eigenvalue weighted by Crippen LogP contribution is -2.26. The number of nitrogens with zero attached hydrogens (tertiary/aromatic N) is 1. The number of aliphatic hydroxyl groups excluding tert-OH is 1. The van der Waals surface area contributed by atoms with Crippen LogP contribution in [0.4, 0.5) is 0 Å². The summed E-state index contributed by atoms with van der Waals surface area (Å²) in [5, 5.41) is 9.15. The van der Waals surface area contributed by atoms with E-state index in [4.69, 9.17) is 9.52 Å². The Bertz CT molecular complexity index is 465. The third-order valence-electron chi connectivity index (χ3n) is 3.06. The molecule has 0 fully saturated rings. The van der Waals surface area contributed by atoms with E-state index in [1.807, 2.05) is 12.1 Å². The van der Waals surface area contributed by atoms with Crippen molar-refractivity contribution in [1.82, 2.24) is 4.90 Å². The molecule has 0 radical (unpaired) electrons. The van der Waals surface area contributed by atoms with E-state index in [1.165, 1.54) is 11.1 Å². The minimum atomic E-state index is 0.170. The van der Waals surface area contributed by atoms with Gasteiger partial charge in [-0.25, -0.2) is 0 Å². The molecular formula is C15H19NO2. The number of hydrogen-bond acceptors (Lipinski definition) is 3. The minimum absolute atomic E-state index is 0.170. The second-order valence-corrected chi connectivity index (χ2v) is 4.49. The lowest BCUT2D eigenvalue weighted by molar-refractivity contribution is 0.184. The van der Waals surface area contributed by atoms with E-state index >= 15 is 0 Å². The second kappa shape index (κ2) is 6.38. The highest BCUT2D eigenvalue weighted by Crippen LogP contribution is 2.13. The van der Waals surface area contributed by atoms with Crippen molar-refractivity contribution >= 4 is 0 Å². The van der Waals surface area contributed by atoms with Gasteiger partial charge in [-0.05, 0) is 24.1 Å². The van der Waals surface area contributed by atoms with Gasteiger partial charge in [0.15, 0.2) is 0 Å². The first kappa shape index (κ1) is 12.9. The zero-order valence-corrected chi connectivity index (χ0v) is 10.7. The average Bonchev–Trinajstić information content (AvgIpc) is 2.85. The summed E-state index contributed by atoms with van der Waals surface area (Å²) in [6.45, 7) is 4.59. The molecular weight excluding hydrogens is 226 g/mol. The van der Waals surface area contributed by atoms with Crippen LogP contribution in [0.5, 0.6) is 0 Å². The predicted molar refractivity (Wildman–Crippen MR) is 71.1 cm³/mol. The highest BCUT2D eigenvalue weighted by atomic mass is 16.3. The van der Waals surface area contributed by atoms with Crippen LogP contribution in [-0.2, 0) is 13.1 Å². The standard InChI is InChI=1S/C15H19NO2/c1-13-4-2-3-5-15(13)11-16(7-8-17)10-14-6-9-18-12-14/h2-6,9,12,17H,7-8,10-11H2,1H3. The number of rotatable bonds is 6. The van der Waals surface area contributed by atoms with Crippen molar-refractivity contribution < 1.29 is 9.52 Å². The Morgan fingerprint density at radius 2 is 2.00 bits per heavy atom. The molecule has 0 saturated heterocycles. The predicted octanol–water partition coefficient (Wildman–Crippen LogP) is 2.58. The van der Waals surface area contributed by atoms with Crippen LogP contribution in [0.25, 0.3) is 0 Å². The molecule has 0 spiro atoms. The van der Waals surface area contributed by atoms with Gasteiger partial charge in [-0.2, -0.15) is 0 Å². The van der Waals surface area contributed by atoms with Gasteiger partial charge in [0.2, 0.25) is 0 Å². The summed E-state index contributed by atoms with van der Waals surface area (Å²) in [6, 6.07) is 10.3. The van der Waals surface area contributed by atoms with Crippen LogP contribution in [0.15, 0.2) is 47.3 Å². The fraction of sp³-hybridized carbons (Fsp3) is 0.333. The van der Waals surface area contributed by atoms with Crippen LogP contribution in [0.3, 0.4) is 0 Å². The maximum atomic E-state index is 9.15. The lowest BCUT2D eigenvalue weighted by Gasteiger charge is -2.21. The summed E-state index contributed by atoms with van der Waals surface area (Å²) in [5.41, 5.74) is 3.72. The molecule has 3 heteroatoms. The van der Waals surface area contributed by atoms with Gasteiger partial charge in [0, 0.05) is 25.2 Å². The largest absolute Gasteiger partial charge is 0.472 e. The van der Waals surface area contributed by atoms with Gasteiger partial charge in [0.25, 0.3) is 0 Å². The van der Waals surface area contributed by atoms with Crippen LogP contribution in [0.2, 0.25) is 0 Å². The van der Waals surface area contributed by atoms with Crippen molar-refractivity contribution in [2.24, 2.45) is 0 Å². The first-order valence-electron chi connectivity index (χ1n) is 6.18. The molecule has 0 aliphatic rings. The quantitative estimate of drug-likeness (QED) is 0.849. The Kier molecular flexibility index (Phi) is 4.56. The fourth-order valence-electron chi connectivity index (χ4n) is 2.02. The molecule has 2 aromatic rings. The molecule has 1 N–H and O–H groups in total. The summed E-state index contributed by atoms with van der Waals surface area (Å²) < 4.78 is 5.08. The van der Waals surface area contributed by atoms with Crippen molar-refractivity contribution in [3.8, 4) is 0 Å². The summed E-state index contributed by atoms with van der Waals surface area (Å²) in [5.74, 6) is 0. The van der Waals surface area contributed by atoms with Crippen LogP contribution in [0.1, 0.15) is 16.7 Å². The van der Waals surface area contributed by atoms with E-state index in [0.29, 0.717) is 6.54 Å². The highest BCUT2D eigenvalue weighted by molar-refractivity contribution is 5.25. The van der Waals surface area contributed by atoms with Gasteiger partial charge < -0.3 is 9.52 Å². The van der Waals surface area contributed by atoms with Crippen LogP contribution >= 0.6 is 0 Å². The van der Waals surface area contributed by atoms with Crippen molar-refractivity contribution in [2.75, 3.05) is 13.2 Å². The number of hydrogen-bond donors (Lipinski definition) is 1. The van der Waals surface area contributed by atoms with E-state index in [0.717, 1.165) is 18.7 Å². The summed E-state index contributed by atoms with van der Waals surface area (Å²) in [6.07, 6.45) is 3.43. The number of benzene rings is 1. The number of aliphatic hydroxyl groups is 1. The number of aryl methyl sites for hydroxylation is 1. The van der Waals surface area contributed by atoms with Gasteiger partial charge in [-0.1, -0.05) is 24.3 Å². The molecule has 96 valence electrons. The third kappa shape index (κ3) is 3.45. The van der Waals surface area contributed by atoms with Crippen molar-refractivity contribution in [3.63, 3.8) is 0 Å². The molecule has 3 nitrogen and oxygen atoms in total. The molecule has 1 aromatic heterocycles. The molecule has 0 aliphatic heterocycles. The van der Waals surface area contributed by atoms with E-state index in [2.05, 4.69) is 30.0 Å². The third-order valence-corrected chi connectivity index (χ3v) is 3.06. The fourth-order valence-corrected chi connectivity index (χ4v) is 2.02. The molecule has 0 amide bonds. The Hall–Kier alpha value is -1.58. The van der Waals surface area contributed by atoms with Crippen LogP contribution < -0.4 is 0 Å². The van der Waals surface area contributed by atoms with Crippen molar-refractivity contribution in [3.05, 3.63) is 59.5 Å². The normalized spacial score (nSPS) is 11.1. The first-order chi connectivity index (χ1) is 8.79. The first-order valence-corrected chi connectivity index (χ1v) is 6.18. The Morgan fingerprint density at radius 3 is 2.67 bits per heavy atom. The van der Waals surface area contributed by atoms with E-state index in [1.54, 1.807) is 12.5 Å². The summed E-state index contributed by atoms with van der Waals surface area (Å²) in [4.78, 5) is 2.22. The molecule has 0 unspecified atom stereocenters. The molecule has 1 heterocycles. The van der Waals surface area contributed by atoms with Gasteiger partial charge in [-0.3, -0.25) is 4.90 Å². The van der Waals surface area contributed by atoms with Crippen molar-refractivity contribution in [1.29, 1.82) is 0 Å². The molecule has 1 aromatic carbocycles. The maximum Gasteiger partial charge on any atom is 0.0947 e. The minimum Gasteiger partial charge on any atom is -0.472 e. The van der Waals surface area contributed by atoms with Gasteiger partial charge in [0.05, 0.1) is 19.1 Å². The van der Waals surface area contributed by atoms with E-state index in [-0.39, 0.29) is 6.61 Å².